The Balaban J connectivity index is 1.41. The predicted molar refractivity (Wildman–Crippen MR) is 87.3 cm³/mol. The van der Waals surface area contributed by atoms with E-state index in [2.05, 4.69) is 10.3 Å². The summed E-state index contributed by atoms with van der Waals surface area (Å²) >= 11 is 6.01. The van der Waals surface area contributed by atoms with E-state index in [9.17, 15) is 9.18 Å². The second kappa shape index (κ2) is 6.16. The molecular formula is C17H18ClFN4O. The first-order chi connectivity index (χ1) is 11.6. The summed E-state index contributed by atoms with van der Waals surface area (Å²) in [5.74, 6) is 0.0325. The van der Waals surface area contributed by atoms with Crippen molar-refractivity contribution >= 4 is 17.5 Å². The molecule has 24 heavy (non-hydrogen) atoms. The van der Waals surface area contributed by atoms with Crippen LogP contribution in [0.5, 0.6) is 0 Å². The number of carbonyl (C=O) groups excluding carboxylic acids is 1. The van der Waals surface area contributed by atoms with Crippen molar-refractivity contribution in [3.8, 4) is 0 Å². The van der Waals surface area contributed by atoms with Crippen molar-refractivity contribution in [2.24, 2.45) is 0 Å². The van der Waals surface area contributed by atoms with Crippen molar-refractivity contribution in [3.05, 3.63) is 46.5 Å². The minimum absolute atomic E-state index is 0.0110. The highest BCUT2D eigenvalue weighted by Gasteiger charge is 2.31. The summed E-state index contributed by atoms with van der Waals surface area (Å²) in [4.78, 5) is 14.2. The summed E-state index contributed by atoms with van der Waals surface area (Å²) in [5.41, 5.74) is 1.32. The smallest absolute Gasteiger partial charge is 0.227 e. The van der Waals surface area contributed by atoms with E-state index in [0.717, 1.165) is 12.1 Å². The zero-order valence-electron chi connectivity index (χ0n) is 13.2. The van der Waals surface area contributed by atoms with Gasteiger partial charge >= 0.3 is 0 Å². The molecule has 1 atom stereocenters. The van der Waals surface area contributed by atoms with Gasteiger partial charge in [-0.2, -0.15) is 0 Å². The van der Waals surface area contributed by atoms with Gasteiger partial charge in [0.1, 0.15) is 5.82 Å². The molecule has 1 aromatic carbocycles. The van der Waals surface area contributed by atoms with Gasteiger partial charge in [0.05, 0.1) is 18.2 Å². The lowest BCUT2D eigenvalue weighted by molar-refractivity contribution is -0.129. The molecule has 4 rings (SSSR count). The van der Waals surface area contributed by atoms with Gasteiger partial charge in [-0.15, -0.1) is 5.10 Å². The van der Waals surface area contributed by atoms with Gasteiger partial charge in [-0.05, 0) is 31.4 Å². The van der Waals surface area contributed by atoms with Gasteiger partial charge in [0.25, 0.3) is 0 Å². The fourth-order valence-corrected chi connectivity index (χ4v) is 3.41. The molecule has 0 spiro atoms. The standard InChI is InChI=1S/C17H18ClFN4O/c18-14-2-1-3-15(19)13(14)8-17(24)22-7-6-12(9-22)23-10-16(20-21-23)11-4-5-11/h1-3,10-12H,4-9H2/t12-/m1/s1. The molecule has 1 saturated carbocycles. The highest BCUT2D eigenvalue weighted by atomic mass is 35.5. The first kappa shape index (κ1) is 15.6. The molecule has 1 aliphatic heterocycles. The molecule has 1 amide bonds. The molecule has 0 N–H and O–H groups in total. The molecule has 7 heteroatoms. The number of hydrogen-bond acceptors (Lipinski definition) is 3. The minimum atomic E-state index is -0.433. The van der Waals surface area contributed by atoms with Crippen LogP contribution in [0, 0.1) is 5.82 Å². The fourth-order valence-electron chi connectivity index (χ4n) is 3.18. The largest absolute Gasteiger partial charge is 0.340 e. The third-order valence-corrected chi connectivity index (χ3v) is 5.16. The van der Waals surface area contributed by atoms with E-state index in [1.165, 1.54) is 18.9 Å². The summed E-state index contributed by atoms with van der Waals surface area (Å²) in [6.45, 7) is 1.23. The van der Waals surface area contributed by atoms with Crippen LogP contribution in [-0.4, -0.2) is 38.9 Å². The van der Waals surface area contributed by atoms with Crippen molar-refractivity contribution in [2.45, 2.75) is 37.6 Å². The fraction of sp³-hybridized carbons (Fsp3) is 0.471. The van der Waals surface area contributed by atoms with Crippen LogP contribution in [-0.2, 0) is 11.2 Å². The van der Waals surface area contributed by atoms with Gasteiger partial charge in [-0.25, -0.2) is 9.07 Å². The van der Waals surface area contributed by atoms with Crippen molar-refractivity contribution in [1.82, 2.24) is 19.9 Å². The van der Waals surface area contributed by atoms with Crippen LogP contribution in [0.4, 0.5) is 4.39 Å². The van der Waals surface area contributed by atoms with E-state index in [1.807, 2.05) is 10.9 Å². The number of aromatic nitrogens is 3. The van der Waals surface area contributed by atoms with Crippen LogP contribution >= 0.6 is 11.6 Å². The molecule has 0 unspecified atom stereocenters. The Morgan fingerprint density at radius 3 is 2.92 bits per heavy atom. The maximum atomic E-state index is 13.8. The van der Waals surface area contributed by atoms with Crippen LogP contribution < -0.4 is 0 Å². The van der Waals surface area contributed by atoms with E-state index in [0.29, 0.717) is 24.0 Å². The van der Waals surface area contributed by atoms with E-state index in [4.69, 9.17) is 11.6 Å². The Morgan fingerprint density at radius 1 is 1.33 bits per heavy atom. The maximum Gasteiger partial charge on any atom is 0.227 e. The summed E-state index contributed by atoms with van der Waals surface area (Å²) in [6, 6.07) is 4.62. The topological polar surface area (TPSA) is 51.0 Å². The average Bonchev–Trinajstić information content (AvgIpc) is 3.10. The third-order valence-electron chi connectivity index (χ3n) is 4.80. The zero-order valence-corrected chi connectivity index (χ0v) is 13.9. The van der Waals surface area contributed by atoms with Gasteiger partial charge in [0.15, 0.2) is 0 Å². The second-order valence-electron chi connectivity index (χ2n) is 6.56. The lowest BCUT2D eigenvalue weighted by Crippen LogP contribution is -2.30. The van der Waals surface area contributed by atoms with E-state index in [-0.39, 0.29) is 23.9 Å². The molecule has 2 aromatic rings. The van der Waals surface area contributed by atoms with Gasteiger partial charge in [0, 0.05) is 35.8 Å². The Hall–Kier alpha value is -1.95. The van der Waals surface area contributed by atoms with Gasteiger partial charge in [-0.1, -0.05) is 22.9 Å². The van der Waals surface area contributed by atoms with Crippen LogP contribution in [0.1, 0.15) is 42.5 Å². The Kier molecular flexibility index (Phi) is 4.00. The lowest BCUT2D eigenvalue weighted by atomic mass is 10.1. The first-order valence-corrected chi connectivity index (χ1v) is 8.62. The second-order valence-corrected chi connectivity index (χ2v) is 6.96. The predicted octanol–water partition coefficient (Wildman–Crippen LogP) is 2.96. The molecule has 1 saturated heterocycles. The maximum absolute atomic E-state index is 13.8. The van der Waals surface area contributed by atoms with E-state index >= 15 is 0 Å². The highest BCUT2D eigenvalue weighted by molar-refractivity contribution is 6.31. The van der Waals surface area contributed by atoms with Crippen LogP contribution in [0.2, 0.25) is 5.02 Å². The Bertz CT molecular complexity index is 753. The monoisotopic (exact) mass is 348 g/mol. The minimum Gasteiger partial charge on any atom is -0.340 e. The zero-order chi connectivity index (χ0) is 16.7. The normalized spacial score (nSPS) is 20.6. The lowest BCUT2D eigenvalue weighted by Gasteiger charge is -2.17. The molecular weight excluding hydrogens is 331 g/mol. The van der Waals surface area contributed by atoms with Crippen LogP contribution in [0.3, 0.4) is 0 Å². The molecule has 0 bridgehead atoms. The summed E-state index contributed by atoms with van der Waals surface area (Å²) in [5, 5.41) is 8.73. The van der Waals surface area contributed by atoms with Crippen molar-refractivity contribution in [3.63, 3.8) is 0 Å². The number of rotatable bonds is 4. The van der Waals surface area contributed by atoms with Gasteiger partial charge in [0.2, 0.25) is 5.91 Å². The molecule has 0 radical (unpaired) electrons. The van der Waals surface area contributed by atoms with Gasteiger partial charge in [-0.3, -0.25) is 4.79 Å². The van der Waals surface area contributed by atoms with Crippen LogP contribution in [0.25, 0.3) is 0 Å². The highest BCUT2D eigenvalue weighted by Crippen LogP contribution is 2.39. The number of amides is 1. The number of nitrogens with zero attached hydrogens (tertiary/aromatic N) is 4. The molecule has 1 aliphatic carbocycles. The van der Waals surface area contributed by atoms with Crippen molar-refractivity contribution in [2.75, 3.05) is 13.1 Å². The summed E-state index contributed by atoms with van der Waals surface area (Å²) in [7, 11) is 0. The van der Waals surface area contributed by atoms with Gasteiger partial charge < -0.3 is 4.90 Å². The quantitative estimate of drug-likeness (QED) is 0.853. The Labute approximate surface area is 144 Å². The number of likely N-dealkylation sites (tertiary alicyclic amines) is 1. The molecule has 2 heterocycles. The molecule has 5 nitrogen and oxygen atoms in total. The van der Waals surface area contributed by atoms with Crippen LogP contribution in [0.15, 0.2) is 24.4 Å². The number of halogens is 2. The summed E-state index contributed by atoms with van der Waals surface area (Å²) < 4.78 is 15.7. The molecule has 1 aromatic heterocycles. The molecule has 2 fully saturated rings. The average molecular weight is 349 g/mol. The number of hydrogen-bond donors (Lipinski definition) is 0. The molecule has 2 aliphatic rings. The first-order valence-electron chi connectivity index (χ1n) is 8.24. The van der Waals surface area contributed by atoms with Crippen molar-refractivity contribution in [1.29, 1.82) is 0 Å². The van der Waals surface area contributed by atoms with E-state index in [1.54, 1.807) is 17.0 Å². The Morgan fingerprint density at radius 2 is 2.17 bits per heavy atom. The van der Waals surface area contributed by atoms with E-state index < -0.39 is 5.82 Å². The number of benzene rings is 1. The summed E-state index contributed by atoms with van der Waals surface area (Å²) in [6.07, 6.45) is 5.21. The number of carbonyl (C=O) groups is 1. The molecule has 126 valence electrons. The van der Waals surface area contributed by atoms with Crippen molar-refractivity contribution < 1.29 is 9.18 Å². The SMILES string of the molecule is O=C(Cc1c(F)cccc1Cl)N1CC[C@@H](n2cc(C3CC3)nn2)C1. The third kappa shape index (κ3) is 3.02.